The Kier molecular flexibility index (Phi) is 17.5. The van der Waals surface area contributed by atoms with Crippen LogP contribution >= 0.6 is 0 Å². The zero-order valence-electron chi connectivity index (χ0n) is 40.6. The quantitative estimate of drug-likeness (QED) is 0.0377. The zero-order valence-corrected chi connectivity index (χ0v) is 40.6. The summed E-state index contributed by atoms with van der Waals surface area (Å²) in [6.07, 6.45) is 30.7. The van der Waals surface area contributed by atoms with Crippen molar-refractivity contribution >= 4 is 11.9 Å². The summed E-state index contributed by atoms with van der Waals surface area (Å²) >= 11 is 0. The molecule has 4 heterocycles. The number of nitrogens with zero attached hydrogens (tertiary/aromatic N) is 4. The number of esters is 2. The van der Waals surface area contributed by atoms with Gasteiger partial charge in [0, 0.05) is 24.0 Å². The summed E-state index contributed by atoms with van der Waals surface area (Å²) in [6.45, 7) is 8.85. The van der Waals surface area contributed by atoms with Gasteiger partial charge in [-0.1, -0.05) is 91.9 Å². The van der Waals surface area contributed by atoms with Gasteiger partial charge in [-0.2, -0.15) is 0 Å². The Morgan fingerprint density at radius 1 is 0.507 bits per heavy atom. The van der Waals surface area contributed by atoms with Gasteiger partial charge < -0.3 is 23.7 Å². The largest absolute Gasteiger partial charge is 0.457 e. The standard InChI is InChI=1S/C56H74N4O7/c1-5-9-11-15-37-17-21-39(22-18-37)55(61)63-45-33-57-53(58-34-45)41-25-27-47(43(29-41)31-51-49(66-51)13-7-3)65-48-28-26-42(30-44(48)32-52-50(67-52)14-8-4)54-59-35-46(36-60-54)64-56(62)40-23-19-38(20-24-40)16-12-10-6-2/h25-30,33-40,49-52H,5-24,31-32H2,1-4H3/t37-,38-,39-,40-,49-,50-,51-,52-/m0/s1. The van der Waals surface area contributed by atoms with E-state index in [2.05, 4.69) is 59.8 Å². The summed E-state index contributed by atoms with van der Waals surface area (Å²) in [5, 5.41) is 0. The Morgan fingerprint density at radius 2 is 0.910 bits per heavy atom. The Morgan fingerprint density at radius 3 is 1.28 bits per heavy atom. The lowest BCUT2D eigenvalue weighted by Crippen LogP contribution is -2.25. The fourth-order valence-corrected chi connectivity index (χ4v) is 10.5. The van der Waals surface area contributed by atoms with Crippen molar-refractivity contribution in [3.05, 3.63) is 72.3 Å². The van der Waals surface area contributed by atoms with E-state index in [0.717, 1.165) is 123 Å². The van der Waals surface area contributed by atoms with E-state index >= 15 is 0 Å². The van der Waals surface area contributed by atoms with Crippen molar-refractivity contribution in [2.24, 2.45) is 23.7 Å². The molecule has 0 unspecified atom stereocenters. The molecule has 4 aromatic rings. The first-order chi connectivity index (χ1) is 32.8. The van der Waals surface area contributed by atoms with E-state index in [0.29, 0.717) is 36.0 Å². The normalized spacial score (nSPS) is 24.5. The molecule has 11 nitrogen and oxygen atoms in total. The van der Waals surface area contributed by atoms with Gasteiger partial charge in [0.2, 0.25) is 0 Å². The van der Waals surface area contributed by atoms with Gasteiger partial charge in [0.1, 0.15) is 11.5 Å². The average molecular weight is 915 g/mol. The second kappa shape index (κ2) is 24.0. The molecule has 4 fully saturated rings. The van der Waals surface area contributed by atoms with Gasteiger partial charge in [0.15, 0.2) is 23.1 Å². The number of ether oxygens (including phenoxy) is 5. The highest BCUT2D eigenvalue weighted by Gasteiger charge is 2.40. The molecule has 0 radical (unpaired) electrons. The van der Waals surface area contributed by atoms with E-state index < -0.39 is 0 Å². The predicted octanol–water partition coefficient (Wildman–Crippen LogP) is 13.2. The van der Waals surface area contributed by atoms with Crippen molar-refractivity contribution in [1.82, 2.24) is 19.9 Å². The molecule has 0 amide bonds. The maximum atomic E-state index is 13.1. The van der Waals surface area contributed by atoms with Crippen LogP contribution in [0, 0.1) is 23.7 Å². The van der Waals surface area contributed by atoms with Crippen LogP contribution in [0.15, 0.2) is 61.2 Å². The van der Waals surface area contributed by atoms with Crippen LogP contribution in [0.2, 0.25) is 0 Å². The maximum absolute atomic E-state index is 13.1. The van der Waals surface area contributed by atoms with E-state index in [4.69, 9.17) is 23.7 Å². The number of unbranched alkanes of at least 4 members (excludes halogenated alkanes) is 4. The number of carbonyl (C=O) groups is 2. The molecular formula is C56H74N4O7. The minimum Gasteiger partial charge on any atom is -0.457 e. The van der Waals surface area contributed by atoms with E-state index in [1.54, 1.807) is 24.8 Å². The van der Waals surface area contributed by atoms with Crippen molar-refractivity contribution in [2.45, 2.75) is 193 Å². The average Bonchev–Trinajstić information content (AvgIpc) is 4.28. The highest BCUT2D eigenvalue weighted by atomic mass is 16.6. The molecule has 2 saturated carbocycles. The molecular weight excluding hydrogens is 841 g/mol. The Balaban J connectivity index is 0.945. The molecule has 2 aliphatic heterocycles. The van der Waals surface area contributed by atoms with Crippen LogP contribution in [0.1, 0.15) is 167 Å². The number of epoxide rings is 2. The molecule has 4 aliphatic rings. The van der Waals surface area contributed by atoms with Crippen LogP contribution in [0.25, 0.3) is 22.8 Å². The van der Waals surface area contributed by atoms with Crippen molar-refractivity contribution in [2.75, 3.05) is 0 Å². The summed E-state index contributed by atoms with van der Waals surface area (Å²) in [6, 6.07) is 12.1. The van der Waals surface area contributed by atoms with Gasteiger partial charge in [-0.05, 0) is 124 Å². The third-order valence-electron chi connectivity index (χ3n) is 14.7. The van der Waals surface area contributed by atoms with Gasteiger partial charge in [-0.3, -0.25) is 9.59 Å². The van der Waals surface area contributed by atoms with Crippen LogP contribution in [-0.2, 0) is 31.9 Å². The number of hydrogen-bond acceptors (Lipinski definition) is 11. The Bertz CT molecular complexity index is 2050. The third-order valence-corrected chi connectivity index (χ3v) is 14.7. The third kappa shape index (κ3) is 13.7. The molecule has 8 rings (SSSR count). The van der Waals surface area contributed by atoms with E-state index in [9.17, 15) is 9.59 Å². The lowest BCUT2D eigenvalue weighted by molar-refractivity contribution is -0.141. The van der Waals surface area contributed by atoms with Crippen molar-refractivity contribution < 1.29 is 33.3 Å². The number of rotatable bonds is 24. The minimum absolute atomic E-state index is 0.0678. The number of hydrogen-bond donors (Lipinski definition) is 0. The molecule has 0 spiro atoms. The lowest BCUT2D eigenvalue weighted by Gasteiger charge is -2.27. The Hall–Kier alpha value is -4.74. The molecule has 0 bridgehead atoms. The monoisotopic (exact) mass is 915 g/mol. The van der Waals surface area contributed by atoms with Crippen LogP contribution in [0.3, 0.4) is 0 Å². The second-order valence-corrected chi connectivity index (χ2v) is 19.9. The number of aromatic nitrogens is 4. The van der Waals surface area contributed by atoms with Gasteiger partial charge in [0.25, 0.3) is 0 Å². The Labute approximate surface area is 398 Å². The molecule has 2 aromatic heterocycles. The zero-order chi connectivity index (χ0) is 46.5. The summed E-state index contributed by atoms with van der Waals surface area (Å²) in [4.78, 5) is 44.8. The minimum atomic E-state index is -0.177. The summed E-state index contributed by atoms with van der Waals surface area (Å²) in [7, 11) is 0. The van der Waals surface area contributed by atoms with Crippen LogP contribution in [0.4, 0.5) is 0 Å². The molecule has 2 aromatic carbocycles. The highest BCUT2D eigenvalue weighted by molar-refractivity contribution is 5.75. The highest BCUT2D eigenvalue weighted by Crippen LogP contribution is 2.40. The van der Waals surface area contributed by atoms with E-state index in [-0.39, 0.29) is 48.2 Å². The van der Waals surface area contributed by atoms with E-state index in [1.165, 1.54) is 51.4 Å². The van der Waals surface area contributed by atoms with Gasteiger partial charge in [-0.15, -0.1) is 0 Å². The van der Waals surface area contributed by atoms with Crippen molar-refractivity contribution in [1.29, 1.82) is 0 Å². The van der Waals surface area contributed by atoms with E-state index in [1.807, 2.05) is 24.3 Å². The van der Waals surface area contributed by atoms with Gasteiger partial charge in [-0.25, -0.2) is 19.9 Å². The van der Waals surface area contributed by atoms with Crippen LogP contribution < -0.4 is 14.2 Å². The first-order valence-electron chi connectivity index (χ1n) is 26.1. The topological polar surface area (TPSA) is 138 Å². The second-order valence-electron chi connectivity index (χ2n) is 19.9. The summed E-state index contributed by atoms with van der Waals surface area (Å²) in [5.41, 5.74) is 3.69. The number of benzene rings is 2. The molecule has 0 N–H and O–H groups in total. The molecule has 2 aliphatic carbocycles. The lowest BCUT2D eigenvalue weighted by atomic mass is 9.80. The fourth-order valence-electron chi connectivity index (χ4n) is 10.5. The molecule has 4 atom stereocenters. The SMILES string of the molecule is CCCCC[C@H]1CC[C@H](C(=O)Oc2cnc(-c3ccc(Oc4ccc(-c5ncc(OC(=O)[C@H]6CC[C@H](CCCCC)CC6)cn5)cc4C[C@@H]4O[C@H]4CCC)c(C[C@@H]4O[C@H]4CCC)c3)nc2)CC1. The van der Waals surface area contributed by atoms with Crippen molar-refractivity contribution in [3.8, 4) is 45.8 Å². The molecule has 360 valence electrons. The van der Waals surface area contributed by atoms with Crippen molar-refractivity contribution in [3.63, 3.8) is 0 Å². The van der Waals surface area contributed by atoms with Crippen LogP contribution in [0.5, 0.6) is 23.0 Å². The number of carbonyl (C=O) groups excluding carboxylic acids is 2. The fraction of sp³-hybridized carbons (Fsp3) is 0.607. The van der Waals surface area contributed by atoms with Gasteiger partial charge >= 0.3 is 11.9 Å². The summed E-state index contributed by atoms with van der Waals surface area (Å²) in [5.74, 6) is 4.27. The maximum Gasteiger partial charge on any atom is 0.314 e. The smallest absolute Gasteiger partial charge is 0.314 e. The van der Waals surface area contributed by atoms with Crippen LogP contribution in [-0.4, -0.2) is 56.3 Å². The van der Waals surface area contributed by atoms with Gasteiger partial charge in [0.05, 0.1) is 61.0 Å². The first-order valence-corrected chi connectivity index (χ1v) is 26.1. The molecule has 67 heavy (non-hydrogen) atoms. The summed E-state index contributed by atoms with van der Waals surface area (Å²) < 4.78 is 30.7. The predicted molar refractivity (Wildman–Crippen MR) is 260 cm³/mol. The molecule has 11 heteroatoms. The molecule has 2 saturated heterocycles. The first kappa shape index (κ1) is 48.7.